The van der Waals surface area contributed by atoms with E-state index in [1.807, 2.05) is 13.1 Å². The summed E-state index contributed by atoms with van der Waals surface area (Å²) >= 11 is 2.26. The average Bonchev–Trinajstić information content (AvgIpc) is 2.44. The molecule has 0 spiro atoms. The second-order valence-corrected chi connectivity index (χ2v) is 9.05. The summed E-state index contributed by atoms with van der Waals surface area (Å²) in [5.74, 6) is 0.172. The summed E-state index contributed by atoms with van der Waals surface area (Å²) in [6.07, 6.45) is 0. The first-order chi connectivity index (χ1) is 9.44. The highest BCUT2D eigenvalue weighted by Gasteiger charge is 2.33. The van der Waals surface area contributed by atoms with Gasteiger partial charge in [0.05, 0.1) is 10.6 Å². The number of hydrogen-bond donors (Lipinski definition) is 0. The predicted octanol–water partition coefficient (Wildman–Crippen LogP) is 2.46. The number of benzene rings is 1. The molecule has 4 nitrogen and oxygen atoms in total. The maximum atomic E-state index is 12.5. The smallest absolute Gasteiger partial charge is 0.179 e. The van der Waals surface area contributed by atoms with E-state index in [9.17, 15) is 8.42 Å². The van der Waals surface area contributed by atoms with Crippen LogP contribution in [0.5, 0.6) is 0 Å². The van der Waals surface area contributed by atoms with Crippen molar-refractivity contribution in [3.05, 3.63) is 30.3 Å². The highest BCUT2D eigenvalue weighted by molar-refractivity contribution is 14.2. The van der Waals surface area contributed by atoms with Crippen molar-refractivity contribution in [1.82, 2.24) is 9.21 Å². The van der Waals surface area contributed by atoms with Gasteiger partial charge < -0.3 is 0 Å². The molecule has 0 aliphatic carbocycles. The molecule has 1 aliphatic rings. The zero-order valence-electron chi connectivity index (χ0n) is 11.6. The summed E-state index contributed by atoms with van der Waals surface area (Å²) in [4.78, 5) is 2.60. The molecule has 0 bridgehead atoms. The number of rotatable bonds is 4. The minimum atomic E-state index is -3.23. The Morgan fingerprint density at radius 3 is 2.55 bits per heavy atom. The van der Waals surface area contributed by atoms with Crippen molar-refractivity contribution in [3.8, 4) is 0 Å². The van der Waals surface area contributed by atoms with E-state index in [0.29, 0.717) is 10.9 Å². The highest BCUT2D eigenvalue weighted by atomic mass is 127. The molecule has 1 aliphatic heterocycles. The molecule has 0 radical (unpaired) electrons. The van der Waals surface area contributed by atoms with Gasteiger partial charge in [0, 0.05) is 46.4 Å². The number of hydrogen-bond acceptors (Lipinski definition) is 5. The average molecular weight is 426 g/mol. The van der Waals surface area contributed by atoms with Gasteiger partial charge in [0.2, 0.25) is 0 Å². The molecule has 20 heavy (non-hydrogen) atoms. The molecule has 112 valence electrons. The zero-order valence-corrected chi connectivity index (χ0v) is 15.4. The molecule has 0 saturated carbocycles. The van der Waals surface area contributed by atoms with E-state index in [0.717, 1.165) is 13.1 Å². The first-order valence-corrected chi connectivity index (χ1v) is 11.4. The van der Waals surface area contributed by atoms with Crippen molar-refractivity contribution in [2.45, 2.75) is 23.9 Å². The van der Waals surface area contributed by atoms with Gasteiger partial charge in [-0.1, -0.05) is 18.2 Å². The van der Waals surface area contributed by atoms with E-state index in [-0.39, 0.29) is 11.8 Å². The first-order valence-electron chi connectivity index (χ1n) is 6.47. The third-order valence-electron chi connectivity index (χ3n) is 3.77. The van der Waals surface area contributed by atoms with E-state index in [1.54, 1.807) is 33.4 Å². The third kappa shape index (κ3) is 3.88. The van der Waals surface area contributed by atoms with E-state index < -0.39 is 9.84 Å². The van der Waals surface area contributed by atoms with Gasteiger partial charge in [-0.2, -0.15) is 0 Å². The lowest BCUT2D eigenvalue weighted by molar-refractivity contribution is 0.113. The molecule has 1 aromatic carbocycles. The Labute approximate surface area is 137 Å². The second-order valence-electron chi connectivity index (χ2n) is 5.18. The molecular formula is C13H19IN2O2S2. The standard InChI is InChI=1S/C13H19IN2O2S2/c1-11-8-16(19-14)9-12(15(11)2)10-20(17,18)13-6-4-3-5-7-13/h3-7,11-12H,8-10H2,1-2H3/t11-,12+/m0/s1. The van der Waals surface area contributed by atoms with Gasteiger partial charge in [0.15, 0.2) is 9.84 Å². The minimum Gasteiger partial charge on any atom is -0.297 e. The van der Waals surface area contributed by atoms with Gasteiger partial charge in [-0.3, -0.25) is 4.90 Å². The fourth-order valence-electron chi connectivity index (χ4n) is 2.43. The summed E-state index contributed by atoms with van der Waals surface area (Å²) in [5, 5.41) is 0. The van der Waals surface area contributed by atoms with Gasteiger partial charge in [-0.25, -0.2) is 12.7 Å². The van der Waals surface area contributed by atoms with Crippen molar-refractivity contribution < 1.29 is 8.42 Å². The van der Waals surface area contributed by atoms with E-state index in [2.05, 4.69) is 37.3 Å². The molecule has 1 heterocycles. The summed E-state index contributed by atoms with van der Waals surface area (Å²) < 4.78 is 27.2. The molecule has 0 unspecified atom stereocenters. The maximum Gasteiger partial charge on any atom is 0.179 e. The Morgan fingerprint density at radius 1 is 1.30 bits per heavy atom. The number of halogens is 1. The Balaban J connectivity index is 2.15. The van der Waals surface area contributed by atoms with Crippen LogP contribution in [0.4, 0.5) is 0 Å². The van der Waals surface area contributed by atoms with Crippen LogP contribution in [-0.4, -0.2) is 55.6 Å². The van der Waals surface area contributed by atoms with Crippen LogP contribution in [0.1, 0.15) is 6.92 Å². The summed E-state index contributed by atoms with van der Waals surface area (Å²) in [5.41, 5.74) is 0. The van der Waals surface area contributed by atoms with Crippen LogP contribution in [0, 0.1) is 0 Å². The fourth-order valence-corrected chi connectivity index (χ4v) is 5.50. The van der Waals surface area contributed by atoms with E-state index >= 15 is 0 Å². The Kier molecular flexibility index (Phi) is 5.75. The van der Waals surface area contributed by atoms with Crippen LogP contribution in [0.25, 0.3) is 0 Å². The Hall–Kier alpha value is 0.170. The minimum absolute atomic E-state index is 0.0335. The molecular weight excluding hydrogens is 407 g/mol. The van der Waals surface area contributed by atoms with E-state index in [4.69, 9.17) is 0 Å². The van der Waals surface area contributed by atoms with Gasteiger partial charge in [-0.05, 0) is 35.2 Å². The highest BCUT2D eigenvalue weighted by Crippen LogP contribution is 2.26. The lowest BCUT2D eigenvalue weighted by Gasteiger charge is -2.42. The van der Waals surface area contributed by atoms with Gasteiger partial charge in [0.1, 0.15) is 0 Å². The quantitative estimate of drug-likeness (QED) is 0.547. The summed E-state index contributed by atoms with van der Waals surface area (Å²) in [7, 11) is 0.450. The number of piperazine rings is 1. The van der Waals surface area contributed by atoms with Gasteiger partial charge in [-0.15, -0.1) is 0 Å². The van der Waals surface area contributed by atoms with Crippen LogP contribution in [0.3, 0.4) is 0 Å². The monoisotopic (exact) mass is 426 g/mol. The lowest BCUT2D eigenvalue weighted by Crippen LogP contribution is -2.56. The maximum absolute atomic E-state index is 12.5. The molecule has 1 fully saturated rings. The molecule has 7 heteroatoms. The van der Waals surface area contributed by atoms with Crippen molar-refractivity contribution in [1.29, 1.82) is 0 Å². The van der Waals surface area contributed by atoms with Crippen molar-refractivity contribution >= 4 is 40.2 Å². The lowest BCUT2D eigenvalue weighted by atomic mass is 10.1. The molecule has 2 rings (SSSR count). The normalized spacial score (nSPS) is 25.8. The predicted molar refractivity (Wildman–Crippen MR) is 92.7 cm³/mol. The van der Waals surface area contributed by atoms with Crippen LogP contribution in [-0.2, 0) is 9.84 Å². The van der Waals surface area contributed by atoms with Crippen molar-refractivity contribution in [2.75, 3.05) is 25.9 Å². The van der Waals surface area contributed by atoms with Crippen molar-refractivity contribution in [3.63, 3.8) is 0 Å². The molecule has 0 amide bonds. The summed E-state index contributed by atoms with van der Waals surface area (Å²) in [6.45, 7) is 3.88. The summed E-state index contributed by atoms with van der Waals surface area (Å²) in [6, 6.07) is 9.12. The van der Waals surface area contributed by atoms with Crippen LogP contribution >= 0.6 is 30.3 Å². The number of likely N-dealkylation sites (N-methyl/N-ethyl adjacent to an activating group) is 1. The SMILES string of the molecule is C[C@H]1CN(SI)C[C@H](CS(=O)(=O)c2ccccc2)N1C. The van der Waals surface area contributed by atoms with Crippen LogP contribution in [0.2, 0.25) is 0 Å². The number of sulfone groups is 1. The van der Waals surface area contributed by atoms with Crippen LogP contribution in [0.15, 0.2) is 35.2 Å². The van der Waals surface area contributed by atoms with Crippen LogP contribution < -0.4 is 0 Å². The fraction of sp³-hybridized carbons (Fsp3) is 0.538. The second kappa shape index (κ2) is 6.95. The molecule has 1 saturated heterocycles. The molecule has 0 N–H and O–H groups in total. The molecule has 1 aromatic rings. The first kappa shape index (κ1) is 16.5. The Morgan fingerprint density at radius 2 is 1.95 bits per heavy atom. The Bertz CT molecular complexity index is 539. The van der Waals surface area contributed by atoms with Gasteiger partial charge >= 0.3 is 0 Å². The van der Waals surface area contributed by atoms with Gasteiger partial charge in [0.25, 0.3) is 0 Å². The number of nitrogens with zero attached hydrogens (tertiary/aromatic N) is 2. The van der Waals surface area contributed by atoms with Crippen molar-refractivity contribution in [2.24, 2.45) is 0 Å². The largest absolute Gasteiger partial charge is 0.297 e. The van der Waals surface area contributed by atoms with E-state index in [1.165, 1.54) is 0 Å². The molecule has 2 atom stereocenters. The zero-order chi connectivity index (χ0) is 14.8. The topological polar surface area (TPSA) is 40.6 Å². The third-order valence-corrected chi connectivity index (χ3v) is 7.74. The molecule has 0 aromatic heterocycles.